The number of allylic oxidation sites excluding steroid dienone is 1. The van der Waals surface area contributed by atoms with Crippen LogP contribution in [0.4, 0.5) is 5.95 Å². The van der Waals surface area contributed by atoms with Gasteiger partial charge in [-0.1, -0.05) is 41.0 Å². The van der Waals surface area contributed by atoms with Gasteiger partial charge in [0.15, 0.2) is 11.5 Å². The lowest BCUT2D eigenvalue weighted by atomic mass is 10.0. The fraction of sp³-hybridized carbons (Fsp3) is 0.167. The molecule has 0 bridgehead atoms. The molecule has 0 spiro atoms. The summed E-state index contributed by atoms with van der Waals surface area (Å²) in [6.07, 6.45) is 2.03. The smallest absolute Gasteiger partial charge is 0.248 e. The maximum Gasteiger partial charge on any atom is 0.248 e. The van der Waals surface area contributed by atoms with Gasteiger partial charge in [-0.2, -0.15) is 4.68 Å². The van der Waals surface area contributed by atoms with Gasteiger partial charge in [-0.05, 0) is 40.3 Å². The van der Waals surface area contributed by atoms with Crippen LogP contribution < -0.4 is 14.8 Å². The fourth-order valence-electron chi connectivity index (χ4n) is 2.96. The Hall–Kier alpha value is -3.06. The predicted molar refractivity (Wildman–Crippen MR) is 98.6 cm³/mol. The maximum atomic E-state index is 6.36. The zero-order chi connectivity index (χ0) is 18.1. The van der Waals surface area contributed by atoms with Gasteiger partial charge in [-0.15, -0.1) is 0 Å². The largest absolute Gasteiger partial charge is 0.493 e. The highest BCUT2D eigenvalue weighted by Gasteiger charge is 2.25. The Morgan fingerprint density at radius 3 is 2.65 bits per heavy atom. The molecule has 4 rings (SSSR count). The number of fused-ring (bicyclic) bond motifs is 1. The Kier molecular flexibility index (Phi) is 4.22. The third kappa shape index (κ3) is 2.76. The molecule has 0 saturated heterocycles. The summed E-state index contributed by atoms with van der Waals surface area (Å²) in [7, 11) is 3.22. The molecule has 7 nitrogen and oxygen atoms in total. The molecule has 1 aliphatic heterocycles. The first-order chi connectivity index (χ1) is 12.7. The quantitative estimate of drug-likeness (QED) is 0.759. The molecule has 0 unspecified atom stereocenters. The number of hydrogen-bond donors (Lipinski definition) is 1. The van der Waals surface area contributed by atoms with Gasteiger partial charge < -0.3 is 14.8 Å². The fourth-order valence-corrected chi connectivity index (χ4v) is 3.20. The van der Waals surface area contributed by atoms with E-state index in [9.17, 15) is 0 Å². The van der Waals surface area contributed by atoms with Crippen molar-refractivity contribution < 1.29 is 9.47 Å². The zero-order valence-corrected chi connectivity index (χ0v) is 14.9. The normalized spacial score (nSPS) is 15.7. The van der Waals surface area contributed by atoms with Gasteiger partial charge in [0.1, 0.15) is 6.04 Å². The van der Waals surface area contributed by atoms with Crippen molar-refractivity contribution in [3.05, 3.63) is 64.7 Å². The van der Waals surface area contributed by atoms with E-state index < -0.39 is 0 Å². The Bertz CT molecular complexity index is 985. The highest BCUT2D eigenvalue weighted by molar-refractivity contribution is 6.32. The number of nitrogens with one attached hydrogen (secondary N) is 1. The van der Waals surface area contributed by atoms with E-state index >= 15 is 0 Å². The first-order valence-corrected chi connectivity index (χ1v) is 8.32. The topological polar surface area (TPSA) is 74.1 Å². The summed E-state index contributed by atoms with van der Waals surface area (Å²) in [5.74, 6) is 1.85. The van der Waals surface area contributed by atoms with Crippen LogP contribution in [0.1, 0.15) is 17.2 Å². The van der Waals surface area contributed by atoms with Crippen LogP contribution >= 0.6 is 11.6 Å². The van der Waals surface area contributed by atoms with E-state index in [1.54, 1.807) is 18.9 Å². The Morgan fingerprint density at radius 2 is 1.88 bits per heavy atom. The van der Waals surface area contributed by atoms with Gasteiger partial charge in [0, 0.05) is 16.3 Å². The van der Waals surface area contributed by atoms with Crippen LogP contribution in [0.3, 0.4) is 0 Å². The monoisotopic (exact) mass is 369 g/mol. The average Bonchev–Trinajstić information content (AvgIpc) is 3.15. The predicted octanol–water partition coefficient (Wildman–Crippen LogP) is 3.40. The molecule has 2 aromatic carbocycles. The molecule has 2 heterocycles. The van der Waals surface area contributed by atoms with Gasteiger partial charge in [0.2, 0.25) is 5.95 Å². The van der Waals surface area contributed by atoms with Gasteiger partial charge in [0.25, 0.3) is 0 Å². The lowest BCUT2D eigenvalue weighted by Gasteiger charge is -2.24. The molecule has 0 saturated carbocycles. The van der Waals surface area contributed by atoms with E-state index in [1.165, 1.54) is 0 Å². The van der Waals surface area contributed by atoms with Crippen LogP contribution in [0.5, 0.6) is 11.5 Å². The second kappa shape index (κ2) is 6.68. The summed E-state index contributed by atoms with van der Waals surface area (Å²) < 4.78 is 12.5. The van der Waals surface area contributed by atoms with Crippen LogP contribution in [0.25, 0.3) is 5.70 Å². The lowest BCUT2D eigenvalue weighted by Crippen LogP contribution is -2.20. The Balaban J connectivity index is 1.83. The molecule has 132 valence electrons. The lowest BCUT2D eigenvalue weighted by molar-refractivity contribution is 0.354. The molecule has 3 aromatic rings. The van der Waals surface area contributed by atoms with Crippen molar-refractivity contribution in [1.82, 2.24) is 20.2 Å². The number of hydrogen-bond acceptors (Lipinski definition) is 6. The van der Waals surface area contributed by atoms with Crippen LogP contribution in [0.15, 0.2) is 48.5 Å². The SMILES string of the molecule is COc1ccc([C@@H]2C=C(c3ccccc3Cl)Nc3nnnn32)cc1OC. The second-order valence-electron chi connectivity index (χ2n) is 5.69. The third-order valence-electron chi connectivity index (χ3n) is 4.24. The van der Waals surface area contributed by atoms with Crippen LogP contribution in [0.2, 0.25) is 5.02 Å². The molecule has 1 atom stereocenters. The van der Waals surface area contributed by atoms with E-state index in [0.717, 1.165) is 16.8 Å². The van der Waals surface area contributed by atoms with Gasteiger partial charge >= 0.3 is 0 Å². The van der Waals surface area contributed by atoms with E-state index in [2.05, 4.69) is 20.8 Å². The highest BCUT2D eigenvalue weighted by atomic mass is 35.5. The van der Waals surface area contributed by atoms with E-state index in [1.807, 2.05) is 48.5 Å². The molecule has 1 aromatic heterocycles. The van der Waals surface area contributed by atoms with Crippen LogP contribution in [-0.2, 0) is 0 Å². The molecular weight excluding hydrogens is 354 g/mol. The minimum absolute atomic E-state index is 0.215. The van der Waals surface area contributed by atoms with Crippen LogP contribution in [-0.4, -0.2) is 34.4 Å². The summed E-state index contributed by atoms with van der Waals surface area (Å²) in [5, 5.41) is 15.8. The first kappa shape index (κ1) is 16.4. The molecule has 1 N–H and O–H groups in total. The van der Waals surface area contributed by atoms with Crippen molar-refractivity contribution in [3.63, 3.8) is 0 Å². The molecule has 0 fully saturated rings. The summed E-state index contributed by atoms with van der Waals surface area (Å²) in [5.41, 5.74) is 2.69. The maximum absolute atomic E-state index is 6.36. The van der Waals surface area contributed by atoms with Crippen molar-refractivity contribution in [2.45, 2.75) is 6.04 Å². The number of halogens is 1. The van der Waals surface area contributed by atoms with E-state index in [4.69, 9.17) is 21.1 Å². The standard InChI is InChI=1S/C18H16ClN5O2/c1-25-16-8-7-11(9-17(16)26-2)15-10-14(12-5-3-4-6-13(12)19)20-18-21-22-23-24(15)18/h3-10,15H,1-2H3,(H,20,21,23)/t15-/m0/s1. The minimum Gasteiger partial charge on any atom is -0.493 e. The summed E-state index contributed by atoms with van der Waals surface area (Å²) >= 11 is 6.36. The Labute approximate surface area is 155 Å². The van der Waals surface area contributed by atoms with E-state index in [-0.39, 0.29) is 6.04 Å². The number of aromatic nitrogens is 4. The molecule has 1 aliphatic rings. The molecule has 0 radical (unpaired) electrons. The number of ether oxygens (including phenoxy) is 2. The number of nitrogens with zero attached hydrogens (tertiary/aromatic N) is 4. The number of methoxy groups -OCH3 is 2. The number of rotatable bonds is 4. The van der Waals surface area contributed by atoms with Crippen LogP contribution in [0, 0.1) is 0 Å². The number of anilines is 1. The highest BCUT2D eigenvalue weighted by Crippen LogP contribution is 2.37. The molecule has 26 heavy (non-hydrogen) atoms. The second-order valence-corrected chi connectivity index (χ2v) is 6.10. The number of benzene rings is 2. The zero-order valence-electron chi connectivity index (χ0n) is 14.2. The third-order valence-corrected chi connectivity index (χ3v) is 4.57. The summed E-state index contributed by atoms with van der Waals surface area (Å²) in [6.45, 7) is 0. The Morgan fingerprint density at radius 1 is 1.08 bits per heavy atom. The molecule has 8 heteroatoms. The van der Waals surface area contributed by atoms with Crippen molar-refractivity contribution in [2.24, 2.45) is 0 Å². The molecule has 0 aliphatic carbocycles. The van der Waals surface area contributed by atoms with Gasteiger partial charge in [-0.3, -0.25) is 0 Å². The molecular formula is C18H16ClN5O2. The van der Waals surface area contributed by atoms with Crippen molar-refractivity contribution in [2.75, 3.05) is 19.5 Å². The average molecular weight is 370 g/mol. The van der Waals surface area contributed by atoms with Crippen molar-refractivity contribution >= 4 is 23.2 Å². The van der Waals surface area contributed by atoms with Gasteiger partial charge in [-0.25, -0.2) is 0 Å². The minimum atomic E-state index is -0.215. The van der Waals surface area contributed by atoms with Gasteiger partial charge in [0.05, 0.1) is 14.2 Å². The summed E-state index contributed by atoms with van der Waals surface area (Å²) in [6, 6.07) is 13.2. The van der Waals surface area contributed by atoms with E-state index in [0.29, 0.717) is 22.5 Å². The first-order valence-electron chi connectivity index (χ1n) is 7.95. The summed E-state index contributed by atoms with van der Waals surface area (Å²) in [4.78, 5) is 0. The van der Waals surface area contributed by atoms with Crippen molar-refractivity contribution in [1.29, 1.82) is 0 Å². The number of tetrazole rings is 1. The van der Waals surface area contributed by atoms with Crippen molar-refractivity contribution in [3.8, 4) is 11.5 Å². The molecule has 0 amide bonds.